The van der Waals surface area contributed by atoms with E-state index in [0.29, 0.717) is 12.8 Å². The zero-order chi connectivity index (χ0) is 16.9. The van der Waals surface area contributed by atoms with Crippen LogP contribution in [-0.4, -0.2) is 17.7 Å². The molecule has 1 fully saturated rings. The molecule has 1 aromatic heterocycles. The number of anilines is 1. The number of benzene rings is 1. The number of thiophene rings is 1. The minimum atomic E-state index is -0.288. The van der Waals surface area contributed by atoms with E-state index in [2.05, 4.69) is 10.6 Å². The van der Waals surface area contributed by atoms with Crippen LogP contribution < -0.4 is 10.6 Å². The van der Waals surface area contributed by atoms with Crippen LogP contribution in [0, 0.1) is 5.92 Å². The maximum Gasteiger partial charge on any atom is 0.230 e. The van der Waals surface area contributed by atoms with Gasteiger partial charge in [-0.2, -0.15) is 0 Å². The first-order chi connectivity index (χ1) is 11.6. The zero-order valence-electron chi connectivity index (χ0n) is 13.1. The van der Waals surface area contributed by atoms with Crippen LogP contribution in [0.15, 0.2) is 41.8 Å². The fourth-order valence-electron chi connectivity index (χ4n) is 2.70. The normalized spacial score (nSPS) is 16.9. The lowest BCUT2D eigenvalue weighted by atomic mass is 9.98. The fourth-order valence-corrected chi connectivity index (χ4v) is 3.40. The third-order valence-corrected chi connectivity index (χ3v) is 4.90. The Bertz CT molecular complexity index is 738. The van der Waals surface area contributed by atoms with Crippen LogP contribution in [0.3, 0.4) is 0 Å². The summed E-state index contributed by atoms with van der Waals surface area (Å²) >= 11 is 1.65. The third-order valence-electron chi connectivity index (χ3n) is 3.96. The van der Waals surface area contributed by atoms with E-state index in [9.17, 15) is 14.4 Å². The molecule has 2 heterocycles. The van der Waals surface area contributed by atoms with Gasteiger partial charge in [0.15, 0.2) is 0 Å². The Morgan fingerprint density at radius 2 is 2.00 bits per heavy atom. The average Bonchev–Trinajstić information content (AvgIpc) is 3.17. The van der Waals surface area contributed by atoms with Gasteiger partial charge in [0.1, 0.15) is 0 Å². The van der Waals surface area contributed by atoms with Crippen LogP contribution in [0.25, 0.3) is 0 Å². The lowest BCUT2D eigenvalue weighted by Gasteiger charge is -2.08. The highest BCUT2D eigenvalue weighted by Crippen LogP contribution is 2.19. The molecule has 5 nitrogen and oxygen atoms in total. The van der Waals surface area contributed by atoms with Crippen molar-refractivity contribution in [1.82, 2.24) is 5.32 Å². The second kappa shape index (κ2) is 7.40. The number of amides is 3. The minimum Gasteiger partial charge on any atom is -0.326 e. The standard InChI is InChI=1S/C18H18N2O3S/c21-16(8-7-15-2-1-9-24-15)19-14-5-3-12(4-6-14)10-13-11-17(22)20-18(13)23/h1-6,9,13H,7-8,10-11H2,(H,19,21)(H,20,22,23)/t13-/m0/s1. The lowest BCUT2D eigenvalue weighted by molar-refractivity contribution is -0.125. The summed E-state index contributed by atoms with van der Waals surface area (Å²) in [6, 6.07) is 11.4. The number of rotatable bonds is 6. The largest absolute Gasteiger partial charge is 0.326 e. The van der Waals surface area contributed by atoms with Crippen molar-refractivity contribution in [3.63, 3.8) is 0 Å². The molecule has 1 saturated heterocycles. The third kappa shape index (κ3) is 4.29. The molecule has 0 aliphatic carbocycles. The van der Waals surface area contributed by atoms with Crippen molar-refractivity contribution >= 4 is 34.7 Å². The molecule has 0 spiro atoms. The molecule has 24 heavy (non-hydrogen) atoms. The van der Waals surface area contributed by atoms with Crippen molar-refractivity contribution in [3.8, 4) is 0 Å². The van der Waals surface area contributed by atoms with E-state index in [-0.39, 0.29) is 30.1 Å². The fraction of sp³-hybridized carbons (Fsp3) is 0.278. The molecule has 1 aliphatic heterocycles. The maximum atomic E-state index is 12.0. The van der Waals surface area contributed by atoms with Crippen molar-refractivity contribution in [2.45, 2.75) is 25.7 Å². The first kappa shape index (κ1) is 16.4. The summed E-state index contributed by atoms with van der Waals surface area (Å²) in [5, 5.41) is 7.19. The Kier molecular flexibility index (Phi) is 5.05. The van der Waals surface area contributed by atoms with Gasteiger partial charge in [-0.25, -0.2) is 0 Å². The summed E-state index contributed by atoms with van der Waals surface area (Å²) in [7, 11) is 0. The minimum absolute atomic E-state index is 0.0167. The molecule has 0 saturated carbocycles. The monoisotopic (exact) mass is 342 g/mol. The molecule has 6 heteroatoms. The van der Waals surface area contributed by atoms with Gasteiger partial charge in [-0.1, -0.05) is 18.2 Å². The van der Waals surface area contributed by atoms with E-state index in [0.717, 1.165) is 17.7 Å². The molecule has 0 bridgehead atoms. The second-order valence-corrected chi connectivity index (χ2v) is 6.87. The Balaban J connectivity index is 1.50. The number of carbonyl (C=O) groups excluding carboxylic acids is 3. The topological polar surface area (TPSA) is 75.3 Å². The first-order valence-electron chi connectivity index (χ1n) is 7.85. The van der Waals surface area contributed by atoms with E-state index in [4.69, 9.17) is 0 Å². The predicted octanol–water partition coefficient (Wildman–Crippen LogP) is 2.52. The van der Waals surface area contributed by atoms with Gasteiger partial charge in [-0.3, -0.25) is 19.7 Å². The molecular formula is C18H18N2O3S. The Morgan fingerprint density at radius 3 is 2.62 bits per heavy atom. The Morgan fingerprint density at radius 1 is 1.21 bits per heavy atom. The van der Waals surface area contributed by atoms with Crippen LogP contribution in [0.2, 0.25) is 0 Å². The molecule has 1 atom stereocenters. The number of imide groups is 1. The summed E-state index contributed by atoms with van der Waals surface area (Å²) < 4.78 is 0. The average molecular weight is 342 g/mol. The van der Waals surface area contributed by atoms with Crippen LogP contribution in [0.5, 0.6) is 0 Å². The van der Waals surface area contributed by atoms with Gasteiger partial charge < -0.3 is 5.32 Å². The van der Waals surface area contributed by atoms with Crippen LogP contribution in [0.4, 0.5) is 5.69 Å². The van der Waals surface area contributed by atoms with E-state index >= 15 is 0 Å². The van der Waals surface area contributed by atoms with E-state index in [1.54, 1.807) is 11.3 Å². The van der Waals surface area contributed by atoms with Crippen LogP contribution >= 0.6 is 11.3 Å². The van der Waals surface area contributed by atoms with Crippen molar-refractivity contribution in [2.75, 3.05) is 5.32 Å². The van der Waals surface area contributed by atoms with Crippen molar-refractivity contribution in [3.05, 3.63) is 52.2 Å². The number of hydrogen-bond donors (Lipinski definition) is 2. The highest BCUT2D eigenvalue weighted by atomic mass is 32.1. The van der Waals surface area contributed by atoms with Gasteiger partial charge in [-0.15, -0.1) is 11.3 Å². The van der Waals surface area contributed by atoms with Gasteiger partial charge in [0.05, 0.1) is 5.92 Å². The molecule has 2 aromatic rings. The van der Waals surface area contributed by atoms with Gasteiger partial charge in [0.25, 0.3) is 0 Å². The molecule has 3 rings (SSSR count). The summed E-state index contributed by atoms with van der Waals surface area (Å²) in [4.78, 5) is 35.9. The molecule has 1 aromatic carbocycles. The van der Waals surface area contributed by atoms with Gasteiger partial charge in [0, 0.05) is 23.4 Å². The van der Waals surface area contributed by atoms with Gasteiger partial charge in [0.2, 0.25) is 17.7 Å². The van der Waals surface area contributed by atoms with E-state index in [1.807, 2.05) is 41.8 Å². The summed E-state index contributed by atoms with van der Waals surface area (Å²) in [5.74, 6) is -0.716. The number of aryl methyl sites for hydroxylation is 1. The van der Waals surface area contributed by atoms with Crippen LogP contribution in [0.1, 0.15) is 23.3 Å². The Hall–Kier alpha value is -2.47. The zero-order valence-corrected chi connectivity index (χ0v) is 13.9. The smallest absolute Gasteiger partial charge is 0.230 e. The number of nitrogens with one attached hydrogen (secondary N) is 2. The summed E-state index contributed by atoms with van der Waals surface area (Å²) in [6.07, 6.45) is 1.98. The van der Waals surface area contributed by atoms with Crippen LogP contribution in [-0.2, 0) is 27.2 Å². The van der Waals surface area contributed by atoms with Gasteiger partial charge in [-0.05, 0) is 42.0 Å². The number of hydrogen-bond acceptors (Lipinski definition) is 4. The summed E-state index contributed by atoms with van der Waals surface area (Å²) in [6.45, 7) is 0. The Labute approximate surface area is 144 Å². The molecule has 124 valence electrons. The quantitative estimate of drug-likeness (QED) is 0.792. The lowest BCUT2D eigenvalue weighted by Crippen LogP contribution is -2.22. The molecule has 3 amide bonds. The van der Waals surface area contributed by atoms with Crippen molar-refractivity contribution in [2.24, 2.45) is 5.92 Å². The molecule has 0 radical (unpaired) electrons. The molecule has 1 aliphatic rings. The second-order valence-electron chi connectivity index (χ2n) is 5.84. The predicted molar refractivity (Wildman–Crippen MR) is 92.7 cm³/mol. The molecule has 0 unspecified atom stereocenters. The molecular weight excluding hydrogens is 324 g/mol. The maximum absolute atomic E-state index is 12.0. The highest BCUT2D eigenvalue weighted by molar-refractivity contribution is 7.09. The first-order valence-corrected chi connectivity index (χ1v) is 8.73. The van der Waals surface area contributed by atoms with Crippen molar-refractivity contribution in [1.29, 1.82) is 0 Å². The van der Waals surface area contributed by atoms with Gasteiger partial charge >= 0.3 is 0 Å². The van der Waals surface area contributed by atoms with E-state index in [1.165, 1.54) is 4.88 Å². The molecule has 2 N–H and O–H groups in total. The van der Waals surface area contributed by atoms with E-state index < -0.39 is 0 Å². The SMILES string of the molecule is O=C1C[C@H](Cc2ccc(NC(=O)CCc3cccs3)cc2)C(=O)N1. The van der Waals surface area contributed by atoms with Crippen molar-refractivity contribution < 1.29 is 14.4 Å². The summed E-state index contributed by atoms with van der Waals surface area (Å²) in [5.41, 5.74) is 1.71. The number of carbonyl (C=O) groups is 3. The highest BCUT2D eigenvalue weighted by Gasteiger charge is 2.30.